The maximum atomic E-state index is 12.0. The van der Waals surface area contributed by atoms with Gasteiger partial charge in [-0.15, -0.1) is 0 Å². The minimum Gasteiger partial charge on any atom is -0.467 e. The van der Waals surface area contributed by atoms with Crippen LogP contribution in [-0.2, 0) is 9.53 Å². The van der Waals surface area contributed by atoms with Crippen molar-refractivity contribution in [3.63, 3.8) is 0 Å². The first kappa shape index (κ1) is 15.5. The number of hydrogen-bond acceptors (Lipinski definition) is 3. The number of methoxy groups -OCH3 is 1. The van der Waals surface area contributed by atoms with Crippen molar-refractivity contribution in [2.24, 2.45) is 27.2 Å². The lowest BCUT2D eigenvalue weighted by atomic mass is 9.66. The SMILES string of the molecule is COC(=O)[C@@H](N=C1C[C@@]2(C)CC[C@]1(C)C2(C)C)C(C)C. The van der Waals surface area contributed by atoms with E-state index in [1.807, 2.05) is 13.8 Å². The molecule has 114 valence electrons. The van der Waals surface area contributed by atoms with E-state index in [4.69, 9.17) is 9.73 Å². The summed E-state index contributed by atoms with van der Waals surface area (Å²) in [6.45, 7) is 13.5. The fraction of sp³-hybridized carbons (Fsp3) is 0.882. The van der Waals surface area contributed by atoms with E-state index >= 15 is 0 Å². The first-order chi connectivity index (χ1) is 9.09. The largest absolute Gasteiger partial charge is 0.467 e. The monoisotopic (exact) mass is 279 g/mol. The number of rotatable bonds is 3. The first-order valence-electron chi connectivity index (χ1n) is 7.74. The Morgan fingerprint density at radius 2 is 1.80 bits per heavy atom. The molecule has 2 fully saturated rings. The molecule has 0 aromatic carbocycles. The smallest absolute Gasteiger partial charge is 0.330 e. The molecule has 2 aliphatic carbocycles. The Kier molecular flexibility index (Phi) is 3.55. The van der Waals surface area contributed by atoms with E-state index in [2.05, 4.69) is 27.7 Å². The second-order valence-corrected chi connectivity index (χ2v) is 7.98. The Balaban J connectivity index is 2.40. The third kappa shape index (κ3) is 1.85. The normalized spacial score (nSPS) is 38.5. The van der Waals surface area contributed by atoms with Gasteiger partial charge in [0.2, 0.25) is 0 Å². The summed E-state index contributed by atoms with van der Waals surface area (Å²) in [7, 11) is 1.45. The number of fused-ring (bicyclic) bond motifs is 2. The molecule has 0 spiro atoms. The van der Waals surface area contributed by atoms with Gasteiger partial charge in [-0.3, -0.25) is 4.99 Å². The lowest BCUT2D eigenvalue weighted by Gasteiger charge is -2.38. The minimum absolute atomic E-state index is 0.128. The van der Waals surface area contributed by atoms with Crippen molar-refractivity contribution < 1.29 is 9.53 Å². The molecular weight excluding hydrogens is 250 g/mol. The molecular formula is C17H29NO2. The van der Waals surface area contributed by atoms with E-state index in [0.29, 0.717) is 5.41 Å². The number of hydrogen-bond donors (Lipinski definition) is 0. The molecule has 2 bridgehead atoms. The van der Waals surface area contributed by atoms with Crippen molar-refractivity contribution in [3.8, 4) is 0 Å². The molecule has 0 aromatic rings. The van der Waals surface area contributed by atoms with Crippen LogP contribution in [0.1, 0.15) is 60.8 Å². The zero-order chi connectivity index (χ0) is 15.3. The van der Waals surface area contributed by atoms with Crippen LogP contribution in [0.15, 0.2) is 4.99 Å². The lowest BCUT2D eigenvalue weighted by molar-refractivity contribution is -0.143. The lowest BCUT2D eigenvalue weighted by Crippen LogP contribution is -2.36. The van der Waals surface area contributed by atoms with Gasteiger partial charge < -0.3 is 4.74 Å². The van der Waals surface area contributed by atoms with E-state index in [9.17, 15) is 4.79 Å². The second-order valence-electron chi connectivity index (χ2n) is 7.98. The van der Waals surface area contributed by atoms with Crippen molar-refractivity contribution in [3.05, 3.63) is 0 Å². The molecule has 0 radical (unpaired) electrons. The van der Waals surface area contributed by atoms with Gasteiger partial charge in [-0.05, 0) is 36.0 Å². The summed E-state index contributed by atoms with van der Waals surface area (Å²) in [5.74, 6) is -0.0320. The van der Waals surface area contributed by atoms with Crippen LogP contribution < -0.4 is 0 Å². The molecule has 0 aromatic heterocycles. The number of carbonyl (C=O) groups is 1. The first-order valence-corrected chi connectivity index (χ1v) is 7.74. The fourth-order valence-corrected chi connectivity index (χ4v) is 4.15. The van der Waals surface area contributed by atoms with Crippen molar-refractivity contribution >= 4 is 11.7 Å². The van der Waals surface area contributed by atoms with Gasteiger partial charge in [-0.2, -0.15) is 0 Å². The molecule has 3 heteroatoms. The van der Waals surface area contributed by atoms with E-state index in [0.717, 1.165) is 6.42 Å². The van der Waals surface area contributed by atoms with Gasteiger partial charge in [0.25, 0.3) is 0 Å². The highest BCUT2D eigenvalue weighted by atomic mass is 16.5. The van der Waals surface area contributed by atoms with Crippen molar-refractivity contribution in [1.82, 2.24) is 0 Å². The highest BCUT2D eigenvalue weighted by Gasteiger charge is 2.66. The Hall–Kier alpha value is -0.860. The maximum absolute atomic E-state index is 12.0. The van der Waals surface area contributed by atoms with Gasteiger partial charge in [0.15, 0.2) is 0 Å². The van der Waals surface area contributed by atoms with E-state index in [1.165, 1.54) is 25.7 Å². The van der Waals surface area contributed by atoms with E-state index in [-0.39, 0.29) is 28.8 Å². The molecule has 3 atom stereocenters. The molecule has 2 rings (SSSR count). The average Bonchev–Trinajstić information content (AvgIpc) is 2.63. The quantitative estimate of drug-likeness (QED) is 0.736. The van der Waals surface area contributed by atoms with Crippen LogP contribution in [0.5, 0.6) is 0 Å². The molecule has 0 heterocycles. The molecule has 20 heavy (non-hydrogen) atoms. The number of ether oxygens (including phenoxy) is 1. The van der Waals surface area contributed by atoms with Crippen LogP contribution in [0, 0.1) is 22.2 Å². The Labute approximate surface area is 123 Å². The summed E-state index contributed by atoms with van der Waals surface area (Å²) in [6.07, 6.45) is 3.47. The van der Waals surface area contributed by atoms with Crippen LogP contribution in [-0.4, -0.2) is 24.8 Å². The number of carbonyl (C=O) groups excluding carboxylic acids is 1. The molecule has 3 nitrogen and oxygen atoms in total. The summed E-state index contributed by atoms with van der Waals surface area (Å²) in [4.78, 5) is 16.8. The second kappa shape index (κ2) is 4.57. The summed E-state index contributed by atoms with van der Waals surface area (Å²) in [5.41, 5.74) is 1.93. The zero-order valence-electron chi connectivity index (χ0n) is 14.0. The predicted molar refractivity (Wildman–Crippen MR) is 81.9 cm³/mol. The van der Waals surface area contributed by atoms with Crippen LogP contribution >= 0.6 is 0 Å². The molecule has 0 aliphatic heterocycles. The Bertz CT molecular complexity index is 452. The van der Waals surface area contributed by atoms with Gasteiger partial charge in [0.1, 0.15) is 6.04 Å². The van der Waals surface area contributed by atoms with Gasteiger partial charge in [0.05, 0.1) is 7.11 Å². The molecule has 0 saturated heterocycles. The van der Waals surface area contributed by atoms with Gasteiger partial charge in [-0.25, -0.2) is 4.79 Å². The Morgan fingerprint density at radius 1 is 1.20 bits per heavy atom. The summed E-state index contributed by atoms with van der Waals surface area (Å²) in [6, 6.07) is -0.356. The molecule has 0 unspecified atom stereocenters. The highest BCUT2D eigenvalue weighted by molar-refractivity contribution is 5.96. The van der Waals surface area contributed by atoms with Gasteiger partial charge in [0, 0.05) is 11.1 Å². The predicted octanol–water partition coefficient (Wildman–Crippen LogP) is 3.86. The van der Waals surface area contributed by atoms with Crippen molar-refractivity contribution in [2.45, 2.75) is 66.8 Å². The molecule has 0 N–H and O–H groups in total. The number of esters is 1. The summed E-state index contributed by atoms with van der Waals surface area (Å²) >= 11 is 0. The van der Waals surface area contributed by atoms with E-state index in [1.54, 1.807) is 0 Å². The van der Waals surface area contributed by atoms with Crippen LogP contribution in [0.4, 0.5) is 0 Å². The minimum atomic E-state index is -0.356. The van der Waals surface area contributed by atoms with Crippen LogP contribution in [0.2, 0.25) is 0 Å². The third-order valence-electron chi connectivity index (χ3n) is 6.63. The van der Waals surface area contributed by atoms with E-state index < -0.39 is 0 Å². The van der Waals surface area contributed by atoms with Crippen molar-refractivity contribution in [2.75, 3.05) is 7.11 Å². The summed E-state index contributed by atoms with van der Waals surface area (Å²) < 4.78 is 4.93. The molecule has 0 amide bonds. The Morgan fingerprint density at radius 3 is 2.15 bits per heavy atom. The van der Waals surface area contributed by atoms with Crippen molar-refractivity contribution in [1.29, 1.82) is 0 Å². The number of nitrogens with zero attached hydrogens (tertiary/aromatic N) is 1. The number of aliphatic imine (C=N–C) groups is 1. The van der Waals surface area contributed by atoms with Crippen LogP contribution in [0.25, 0.3) is 0 Å². The third-order valence-corrected chi connectivity index (χ3v) is 6.63. The topological polar surface area (TPSA) is 38.7 Å². The van der Waals surface area contributed by atoms with Gasteiger partial charge >= 0.3 is 5.97 Å². The standard InChI is InChI=1S/C17H29NO2/c1-11(2)13(14(19)20-7)18-12-10-16(5)8-9-17(12,6)15(16,3)4/h11,13H,8-10H2,1-7H3/t13-,16+,17-/m0/s1. The maximum Gasteiger partial charge on any atom is 0.330 e. The molecule has 2 saturated carbocycles. The fourth-order valence-electron chi connectivity index (χ4n) is 4.15. The van der Waals surface area contributed by atoms with Crippen LogP contribution in [0.3, 0.4) is 0 Å². The zero-order valence-corrected chi connectivity index (χ0v) is 14.0. The highest BCUT2D eigenvalue weighted by Crippen LogP contribution is 2.70. The molecule has 2 aliphatic rings. The van der Waals surface area contributed by atoms with Gasteiger partial charge in [-0.1, -0.05) is 41.5 Å². The average molecular weight is 279 g/mol. The summed E-state index contributed by atoms with van der Waals surface area (Å²) in [5, 5.41) is 0.